The number of rotatable bonds is 8. The first-order valence-corrected chi connectivity index (χ1v) is 18.0. The summed E-state index contributed by atoms with van der Waals surface area (Å²) in [5.41, 5.74) is -0.379. The zero-order chi connectivity index (χ0) is 31.0. The lowest BCUT2D eigenvalue weighted by Gasteiger charge is -2.53. The van der Waals surface area contributed by atoms with Crippen LogP contribution in [0, 0.1) is 18.3 Å². The average Bonchev–Trinajstić information content (AvgIpc) is 2.98. The van der Waals surface area contributed by atoms with Crippen LogP contribution in [0.5, 0.6) is 0 Å². The van der Waals surface area contributed by atoms with Crippen molar-refractivity contribution in [2.24, 2.45) is 11.3 Å². The lowest BCUT2D eigenvalue weighted by atomic mass is 9.63. The number of allylic oxidation sites excluding steroid dienone is 2. The second-order valence-electron chi connectivity index (χ2n) is 12.6. The summed E-state index contributed by atoms with van der Waals surface area (Å²) in [4.78, 5) is 27.4. The number of sulfonamides is 1. The molecule has 3 aromatic rings. The van der Waals surface area contributed by atoms with Crippen LogP contribution in [0.25, 0.3) is 0 Å². The Bertz CT molecular complexity index is 1610. The SMILES string of the molecule is C=CC[C@@]12C=CC(=O)C[C@@H]1[C@@H](O[Si](c1ccccc1)(c1ccccc1)C(C)(C)C)CN(S(=O)(=O)c1ccc(C)cc1)C2=O. The van der Waals surface area contributed by atoms with Crippen LogP contribution in [0.1, 0.15) is 39.2 Å². The molecule has 1 heterocycles. The van der Waals surface area contributed by atoms with Gasteiger partial charge in [0.2, 0.25) is 5.91 Å². The minimum atomic E-state index is -4.24. The summed E-state index contributed by atoms with van der Waals surface area (Å²) in [6.07, 6.45) is 4.16. The van der Waals surface area contributed by atoms with Gasteiger partial charge in [-0.15, -0.1) is 6.58 Å². The van der Waals surface area contributed by atoms with Gasteiger partial charge in [0.15, 0.2) is 5.78 Å². The monoisotopic (exact) mass is 613 g/mol. The summed E-state index contributed by atoms with van der Waals surface area (Å²) in [7, 11) is -7.42. The van der Waals surface area contributed by atoms with Crippen molar-refractivity contribution in [1.82, 2.24) is 4.31 Å². The molecule has 0 aromatic heterocycles. The molecule has 1 saturated heterocycles. The second kappa shape index (κ2) is 11.5. The number of amides is 1. The van der Waals surface area contributed by atoms with Gasteiger partial charge >= 0.3 is 0 Å². The van der Waals surface area contributed by atoms with E-state index in [1.807, 2.05) is 43.3 Å². The molecule has 0 spiro atoms. The van der Waals surface area contributed by atoms with Crippen LogP contribution < -0.4 is 10.4 Å². The van der Waals surface area contributed by atoms with Crippen molar-refractivity contribution in [3.63, 3.8) is 0 Å². The summed E-state index contributed by atoms with van der Waals surface area (Å²) < 4.78 is 36.9. The Labute approximate surface area is 256 Å². The summed E-state index contributed by atoms with van der Waals surface area (Å²) >= 11 is 0. The second-order valence-corrected chi connectivity index (χ2v) is 18.7. The molecule has 2 aliphatic rings. The quantitative estimate of drug-likeness (QED) is 0.259. The van der Waals surface area contributed by atoms with Crippen molar-refractivity contribution in [2.75, 3.05) is 6.54 Å². The van der Waals surface area contributed by atoms with Crippen LogP contribution in [-0.4, -0.2) is 45.4 Å². The number of piperidine rings is 1. The number of fused-ring (bicyclic) bond motifs is 1. The molecule has 3 aromatic carbocycles. The Kier molecular flexibility index (Phi) is 8.24. The Morgan fingerprint density at radius 1 is 0.953 bits per heavy atom. The van der Waals surface area contributed by atoms with Crippen LogP contribution in [0.3, 0.4) is 0 Å². The summed E-state index contributed by atoms with van der Waals surface area (Å²) in [5, 5.41) is 1.67. The highest BCUT2D eigenvalue weighted by molar-refractivity contribution is 7.89. The predicted molar refractivity (Wildman–Crippen MR) is 172 cm³/mol. The van der Waals surface area contributed by atoms with Gasteiger partial charge in [-0.2, -0.15) is 0 Å². The zero-order valence-electron chi connectivity index (χ0n) is 25.2. The van der Waals surface area contributed by atoms with E-state index < -0.39 is 46.7 Å². The first-order valence-electron chi connectivity index (χ1n) is 14.6. The molecule has 0 N–H and O–H groups in total. The molecule has 1 fully saturated rings. The smallest absolute Gasteiger partial charge is 0.266 e. The minimum Gasteiger partial charge on any atom is -0.402 e. The van der Waals surface area contributed by atoms with Crippen molar-refractivity contribution in [3.8, 4) is 0 Å². The number of nitrogens with zero attached hydrogens (tertiary/aromatic N) is 1. The minimum absolute atomic E-state index is 0.0405. The zero-order valence-corrected chi connectivity index (χ0v) is 27.0. The van der Waals surface area contributed by atoms with E-state index in [1.165, 1.54) is 18.2 Å². The van der Waals surface area contributed by atoms with Crippen LogP contribution in [0.4, 0.5) is 0 Å². The molecule has 8 heteroatoms. The fourth-order valence-electron chi connectivity index (χ4n) is 6.76. The fraction of sp³-hybridized carbons (Fsp3) is 0.314. The van der Waals surface area contributed by atoms with Gasteiger partial charge in [-0.3, -0.25) is 9.59 Å². The molecule has 0 unspecified atom stereocenters. The number of hydrogen-bond acceptors (Lipinski definition) is 5. The molecule has 43 heavy (non-hydrogen) atoms. The third-order valence-corrected chi connectivity index (χ3v) is 15.7. The highest BCUT2D eigenvalue weighted by Crippen LogP contribution is 2.50. The molecule has 5 rings (SSSR count). The maximum absolute atomic E-state index is 14.4. The van der Waals surface area contributed by atoms with Crippen LogP contribution in [0.2, 0.25) is 5.04 Å². The van der Waals surface area contributed by atoms with Crippen molar-refractivity contribution in [3.05, 3.63) is 115 Å². The van der Waals surface area contributed by atoms with E-state index in [-0.39, 0.29) is 30.1 Å². The average molecular weight is 614 g/mol. The molecule has 224 valence electrons. The Morgan fingerprint density at radius 3 is 2.02 bits per heavy atom. The fourth-order valence-corrected chi connectivity index (χ4v) is 12.9. The molecule has 0 radical (unpaired) electrons. The number of carbonyl (C=O) groups excluding carboxylic acids is 2. The third-order valence-electron chi connectivity index (χ3n) is 8.90. The van der Waals surface area contributed by atoms with Crippen molar-refractivity contribution in [1.29, 1.82) is 0 Å². The molecular weight excluding hydrogens is 575 g/mol. The van der Waals surface area contributed by atoms with Gasteiger partial charge in [-0.05, 0) is 47.0 Å². The number of aryl methyl sites for hydroxylation is 1. The lowest BCUT2D eigenvalue weighted by Crippen LogP contribution is -2.71. The van der Waals surface area contributed by atoms with Crippen molar-refractivity contribution < 1.29 is 22.4 Å². The number of hydrogen-bond donors (Lipinski definition) is 0. The van der Waals surface area contributed by atoms with E-state index in [1.54, 1.807) is 24.3 Å². The molecule has 3 atom stereocenters. The Morgan fingerprint density at radius 2 is 1.51 bits per heavy atom. The van der Waals surface area contributed by atoms with E-state index in [9.17, 15) is 18.0 Å². The highest BCUT2D eigenvalue weighted by Gasteiger charge is 2.60. The van der Waals surface area contributed by atoms with Gasteiger partial charge in [-0.1, -0.05) is 111 Å². The standard InChI is InChI=1S/C35H39NO5SSi/c1-6-22-35-23-21-27(37)24-31(35)32(25-36(33(35)38)42(39,40)28-19-17-26(2)18-20-28)41-43(34(3,4)5,29-13-9-7-10-14-29)30-15-11-8-12-16-30/h6-21,23,31-32H,1,22,24-25H2,2-5H3/t31-,32+,35-/m1/s1. The van der Waals surface area contributed by atoms with Gasteiger partial charge in [0.1, 0.15) is 0 Å². The van der Waals surface area contributed by atoms with Crippen LogP contribution >= 0.6 is 0 Å². The molecule has 1 aliphatic carbocycles. The van der Waals surface area contributed by atoms with E-state index in [0.717, 1.165) is 20.2 Å². The molecule has 1 amide bonds. The Balaban J connectivity index is 1.74. The first kappa shape index (κ1) is 30.9. The number of ketones is 1. The van der Waals surface area contributed by atoms with Gasteiger partial charge in [0.25, 0.3) is 18.3 Å². The number of carbonyl (C=O) groups is 2. The normalized spacial score (nSPS) is 22.7. The first-order chi connectivity index (χ1) is 20.4. The van der Waals surface area contributed by atoms with Crippen LogP contribution in [-0.2, 0) is 24.0 Å². The van der Waals surface area contributed by atoms with Crippen molar-refractivity contribution in [2.45, 2.75) is 56.6 Å². The predicted octanol–water partition coefficient (Wildman–Crippen LogP) is 5.18. The van der Waals surface area contributed by atoms with Crippen LogP contribution in [0.15, 0.2) is 115 Å². The Hall–Kier alpha value is -3.59. The van der Waals surface area contributed by atoms with Gasteiger partial charge < -0.3 is 4.43 Å². The topological polar surface area (TPSA) is 80.8 Å². The summed E-state index contributed by atoms with van der Waals surface area (Å²) in [6, 6.07) is 26.7. The summed E-state index contributed by atoms with van der Waals surface area (Å²) in [5.74, 6) is -1.23. The van der Waals surface area contributed by atoms with E-state index >= 15 is 0 Å². The molecule has 0 saturated carbocycles. The highest BCUT2D eigenvalue weighted by atomic mass is 32.2. The van der Waals surface area contributed by atoms with E-state index in [4.69, 9.17) is 4.43 Å². The van der Waals surface area contributed by atoms with Gasteiger partial charge in [0.05, 0.1) is 23.0 Å². The van der Waals surface area contributed by atoms with Gasteiger partial charge in [0, 0.05) is 12.3 Å². The van der Waals surface area contributed by atoms with E-state index in [2.05, 4.69) is 51.6 Å². The molecule has 0 bridgehead atoms. The molecule has 6 nitrogen and oxygen atoms in total. The maximum atomic E-state index is 14.4. The third kappa shape index (κ3) is 5.26. The van der Waals surface area contributed by atoms with Gasteiger partial charge in [-0.25, -0.2) is 12.7 Å². The maximum Gasteiger partial charge on any atom is 0.266 e. The van der Waals surface area contributed by atoms with E-state index in [0.29, 0.717) is 0 Å². The lowest BCUT2D eigenvalue weighted by molar-refractivity contribution is -0.149. The number of benzene rings is 3. The molecular formula is C35H39NO5SSi. The van der Waals surface area contributed by atoms with Crippen molar-refractivity contribution >= 4 is 40.4 Å². The largest absolute Gasteiger partial charge is 0.402 e. The molecule has 1 aliphatic heterocycles. The summed E-state index contributed by atoms with van der Waals surface area (Å²) in [6.45, 7) is 12.0.